The predicted octanol–water partition coefficient (Wildman–Crippen LogP) is 1.97. The minimum atomic E-state index is -0.834. The summed E-state index contributed by atoms with van der Waals surface area (Å²) in [5.74, 6) is -1.26. The molecular weight excluding hydrogens is 308 g/mol. The SMILES string of the molecule is Cc1ccc([C@@H](C)NC(=O)COC(=O)c2cccc[n+]2[O-])cc1C. The molecule has 2 rings (SSSR count). The fourth-order valence-corrected chi connectivity index (χ4v) is 2.19. The van der Waals surface area contributed by atoms with Crippen molar-refractivity contribution in [2.45, 2.75) is 26.8 Å². The molecule has 24 heavy (non-hydrogen) atoms. The Kier molecular flexibility index (Phi) is 5.52. The number of ether oxygens (including phenoxy) is 1. The van der Waals surface area contributed by atoms with Crippen molar-refractivity contribution >= 4 is 11.9 Å². The van der Waals surface area contributed by atoms with E-state index in [2.05, 4.69) is 5.32 Å². The number of esters is 1. The molecule has 2 aromatic rings. The van der Waals surface area contributed by atoms with Crippen molar-refractivity contribution in [3.63, 3.8) is 0 Å². The standard InChI is InChI=1S/C18H20N2O4/c1-12-7-8-15(10-13(12)2)14(3)19-17(21)11-24-18(22)16-6-4-5-9-20(16)23/h4-10,14H,11H2,1-3H3,(H,19,21)/t14-/m1/s1. The van der Waals surface area contributed by atoms with E-state index in [1.807, 2.05) is 39.0 Å². The highest BCUT2D eigenvalue weighted by atomic mass is 16.5. The van der Waals surface area contributed by atoms with Gasteiger partial charge in [-0.25, -0.2) is 4.79 Å². The first-order valence-corrected chi connectivity index (χ1v) is 7.60. The number of carbonyl (C=O) groups is 2. The summed E-state index contributed by atoms with van der Waals surface area (Å²) in [6.45, 7) is 5.44. The topological polar surface area (TPSA) is 82.3 Å². The van der Waals surface area contributed by atoms with E-state index in [1.165, 1.54) is 23.9 Å². The average molecular weight is 328 g/mol. The van der Waals surface area contributed by atoms with Crippen molar-refractivity contribution in [3.05, 3.63) is 70.2 Å². The molecule has 6 nitrogen and oxygen atoms in total. The van der Waals surface area contributed by atoms with Gasteiger partial charge < -0.3 is 15.3 Å². The Morgan fingerprint density at radius 3 is 2.62 bits per heavy atom. The maximum atomic E-state index is 11.9. The van der Waals surface area contributed by atoms with Gasteiger partial charge in [0.05, 0.1) is 6.04 Å². The monoisotopic (exact) mass is 328 g/mol. The highest BCUT2D eigenvalue weighted by molar-refractivity contribution is 5.88. The van der Waals surface area contributed by atoms with Crippen LogP contribution in [-0.2, 0) is 9.53 Å². The van der Waals surface area contributed by atoms with Crippen LogP contribution >= 0.6 is 0 Å². The smallest absolute Gasteiger partial charge is 0.405 e. The second kappa shape index (κ2) is 7.59. The van der Waals surface area contributed by atoms with Crippen LogP contribution in [0.3, 0.4) is 0 Å². The van der Waals surface area contributed by atoms with E-state index in [9.17, 15) is 14.8 Å². The summed E-state index contributed by atoms with van der Waals surface area (Å²) < 4.78 is 5.28. The fraction of sp³-hybridized carbons (Fsp3) is 0.278. The molecule has 0 radical (unpaired) electrons. The zero-order valence-corrected chi connectivity index (χ0v) is 13.9. The van der Waals surface area contributed by atoms with E-state index in [0.29, 0.717) is 4.73 Å². The quantitative estimate of drug-likeness (QED) is 0.517. The molecule has 0 saturated heterocycles. The number of rotatable bonds is 5. The Morgan fingerprint density at radius 2 is 1.96 bits per heavy atom. The zero-order chi connectivity index (χ0) is 17.7. The highest BCUT2D eigenvalue weighted by Crippen LogP contribution is 2.16. The van der Waals surface area contributed by atoms with Crippen LogP contribution in [-0.4, -0.2) is 18.5 Å². The van der Waals surface area contributed by atoms with E-state index in [1.54, 1.807) is 6.07 Å². The van der Waals surface area contributed by atoms with Gasteiger partial charge in [0.1, 0.15) is 0 Å². The molecule has 6 heteroatoms. The Hall–Kier alpha value is -2.89. The molecule has 0 fully saturated rings. The van der Waals surface area contributed by atoms with Crippen LogP contribution in [0, 0.1) is 19.1 Å². The second-order valence-corrected chi connectivity index (χ2v) is 5.62. The van der Waals surface area contributed by atoms with Gasteiger partial charge in [0, 0.05) is 12.1 Å². The average Bonchev–Trinajstić information content (AvgIpc) is 2.55. The molecule has 1 aromatic carbocycles. The summed E-state index contributed by atoms with van der Waals surface area (Å²) in [5, 5.41) is 14.2. The lowest BCUT2D eigenvalue weighted by molar-refractivity contribution is -0.608. The first-order valence-electron chi connectivity index (χ1n) is 7.60. The van der Waals surface area contributed by atoms with Crippen molar-refractivity contribution < 1.29 is 19.1 Å². The summed E-state index contributed by atoms with van der Waals surface area (Å²) in [6.07, 6.45) is 1.19. The van der Waals surface area contributed by atoms with Crippen LogP contribution in [0.1, 0.15) is 40.1 Å². The van der Waals surface area contributed by atoms with E-state index in [4.69, 9.17) is 4.74 Å². The van der Waals surface area contributed by atoms with Gasteiger partial charge in [-0.1, -0.05) is 18.2 Å². The Morgan fingerprint density at radius 1 is 1.21 bits per heavy atom. The van der Waals surface area contributed by atoms with E-state index in [-0.39, 0.29) is 11.7 Å². The molecule has 0 spiro atoms. The molecule has 1 heterocycles. The number of nitrogens with one attached hydrogen (secondary N) is 1. The second-order valence-electron chi connectivity index (χ2n) is 5.62. The lowest BCUT2D eigenvalue weighted by Gasteiger charge is -2.15. The summed E-state index contributed by atoms with van der Waals surface area (Å²) in [7, 11) is 0. The van der Waals surface area contributed by atoms with Crippen LogP contribution in [0.2, 0.25) is 0 Å². The van der Waals surface area contributed by atoms with Gasteiger partial charge in [0.2, 0.25) is 0 Å². The Balaban J connectivity index is 1.90. The van der Waals surface area contributed by atoms with Gasteiger partial charge in [-0.05, 0) is 43.5 Å². The maximum absolute atomic E-state index is 11.9. The number of aromatic nitrogens is 1. The molecule has 1 atom stereocenters. The van der Waals surface area contributed by atoms with Crippen molar-refractivity contribution in [2.24, 2.45) is 0 Å². The van der Waals surface area contributed by atoms with Crippen molar-refractivity contribution in [2.75, 3.05) is 6.61 Å². The molecule has 1 amide bonds. The largest absolute Gasteiger partial charge is 0.618 e. The lowest BCUT2D eigenvalue weighted by Crippen LogP contribution is -2.36. The minimum absolute atomic E-state index is 0.160. The normalized spacial score (nSPS) is 11.6. The molecule has 0 saturated carbocycles. The third-order valence-electron chi connectivity index (χ3n) is 3.78. The lowest BCUT2D eigenvalue weighted by atomic mass is 10.0. The highest BCUT2D eigenvalue weighted by Gasteiger charge is 2.19. The summed E-state index contributed by atoms with van der Waals surface area (Å²) >= 11 is 0. The van der Waals surface area contributed by atoms with Crippen LogP contribution in [0.5, 0.6) is 0 Å². The van der Waals surface area contributed by atoms with Gasteiger partial charge in [0.15, 0.2) is 12.8 Å². The number of hydrogen-bond donors (Lipinski definition) is 1. The molecule has 0 aliphatic rings. The number of aryl methyl sites for hydroxylation is 2. The van der Waals surface area contributed by atoms with Gasteiger partial charge in [-0.15, -0.1) is 0 Å². The third-order valence-corrected chi connectivity index (χ3v) is 3.78. The summed E-state index contributed by atoms with van der Waals surface area (Å²) in [5.41, 5.74) is 3.13. The first kappa shape index (κ1) is 17.5. The Labute approximate surface area is 140 Å². The van der Waals surface area contributed by atoms with Gasteiger partial charge in [-0.3, -0.25) is 4.79 Å². The number of benzene rings is 1. The molecule has 0 unspecified atom stereocenters. The van der Waals surface area contributed by atoms with Crippen molar-refractivity contribution in [1.29, 1.82) is 0 Å². The fourth-order valence-electron chi connectivity index (χ4n) is 2.19. The number of hydrogen-bond acceptors (Lipinski definition) is 4. The van der Waals surface area contributed by atoms with Gasteiger partial charge in [0.25, 0.3) is 5.91 Å². The van der Waals surface area contributed by atoms with E-state index in [0.717, 1.165) is 11.1 Å². The van der Waals surface area contributed by atoms with Gasteiger partial charge >= 0.3 is 11.7 Å². The molecule has 1 aromatic heterocycles. The van der Waals surface area contributed by atoms with Crippen LogP contribution in [0.15, 0.2) is 42.6 Å². The molecule has 1 N–H and O–H groups in total. The first-order chi connectivity index (χ1) is 11.4. The summed E-state index contributed by atoms with van der Waals surface area (Å²) in [6, 6.07) is 10.1. The molecular formula is C18H20N2O4. The van der Waals surface area contributed by atoms with Gasteiger partial charge in [-0.2, -0.15) is 4.73 Å². The molecule has 0 aliphatic heterocycles. The van der Waals surface area contributed by atoms with Crippen LogP contribution in [0.4, 0.5) is 0 Å². The number of pyridine rings is 1. The van der Waals surface area contributed by atoms with E-state index >= 15 is 0 Å². The molecule has 0 aliphatic carbocycles. The number of carbonyl (C=O) groups excluding carboxylic acids is 2. The minimum Gasteiger partial charge on any atom is -0.618 e. The third kappa shape index (κ3) is 4.32. The van der Waals surface area contributed by atoms with E-state index < -0.39 is 18.5 Å². The summed E-state index contributed by atoms with van der Waals surface area (Å²) in [4.78, 5) is 23.7. The molecule has 126 valence electrons. The van der Waals surface area contributed by atoms with Crippen LogP contribution < -0.4 is 10.0 Å². The van der Waals surface area contributed by atoms with Crippen molar-refractivity contribution in [1.82, 2.24) is 5.32 Å². The Bertz CT molecular complexity index is 758. The zero-order valence-electron chi connectivity index (χ0n) is 13.9. The van der Waals surface area contributed by atoms with Crippen molar-refractivity contribution in [3.8, 4) is 0 Å². The number of nitrogens with zero attached hydrogens (tertiary/aromatic N) is 1. The predicted molar refractivity (Wildman–Crippen MR) is 88.2 cm³/mol. The van der Waals surface area contributed by atoms with Crippen LogP contribution in [0.25, 0.3) is 0 Å². The molecule has 0 bridgehead atoms. The maximum Gasteiger partial charge on any atom is 0.405 e. The number of amides is 1.